The third-order valence-electron chi connectivity index (χ3n) is 3.92. The SMILES string of the molecule is [Se]C12C=CC(c3ccccc31)c1ccccc12. The van der Waals surface area contributed by atoms with Crippen LogP contribution in [0, 0.1) is 0 Å². The second-order valence-electron chi connectivity index (χ2n) is 4.75. The van der Waals surface area contributed by atoms with Gasteiger partial charge in [0.2, 0.25) is 0 Å². The summed E-state index contributed by atoms with van der Waals surface area (Å²) in [5.74, 6) is 0.442. The van der Waals surface area contributed by atoms with Crippen LogP contribution in [0.5, 0.6) is 0 Å². The molecule has 0 heterocycles. The summed E-state index contributed by atoms with van der Waals surface area (Å²) in [6.07, 6.45) is 4.66. The zero-order valence-corrected chi connectivity index (χ0v) is 11.0. The number of benzene rings is 2. The van der Waals surface area contributed by atoms with Crippen molar-refractivity contribution in [2.45, 2.75) is 10.2 Å². The van der Waals surface area contributed by atoms with Gasteiger partial charge in [0.25, 0.3) is 0 Å². The Labute approximate surface area is 109 Å². The van der Waals surface area contributed by atoms with Crippen LogP contribution in [0.15, 0.2) is 60.7 Å². The van der Waals surface area contributed by atoms with Crippen LogP contribution in [0.25, 0.3) is 0 Å². The summed E-state index contributed by atoms with van der Waals surface area (Å²) in [5.41, 5.74) is 5.75. The van der Waals surface area contributed by atoms with Crippen LogP contribution in [-0.4, -0.2) is 16.0 Å². The molecule has 0 unspecified atom stereocenters. The van der Waals surface area contributed by atoms with Gasteiger partial charge in [-0.2, -0.15) is 0 Å². The molecule has 0 spiro atoms. The first-order valence-electron chi connectivity index (χ1n) is 5.89. The first kappa shape index (κ1) is 9.70. The Balaban J connectivity index is 2.13. The van der Waals surface area contributed by atoms with Gasteiger partial charge in [-0.05, 0) is 0 Å². The molecule has 1 heteroatoms. The average Bonchev–Trinajstić information content (AvgIpc) is 2.40. The molecule has 2 aromatic carbocycles. The van der Waals surface area contributed by atoms with Crippen LogP contribution in [0.4, 0.5) is 0 Å². The molecule has 0 saturated carbocycles. The third kappa shape index (κ3) is 1.09. The average molecular weight is 282 g/mol. The Morgan fingerprint density at radius 3 is 1.94 bits per heavy atom. The molecule has 0 aromatic heterocycles. The van der Waals surface area contributed by atoms with Gasteiger partial charge in [0.05, 0.1) is 0 Å². The van der Waals surface area contributed by atoms with E-state index in [1.807, 2.05) is 0 Å². The monoisotopic (exact) mass is 283 g/mol. The van der Waals surface area contributed by atoms with E-state index in [1.54, 1.807) is 0 Å². The zero-order chi connectivity index (χ0) is 11.5. The molecule has 0 nitrogen and oxygen atoms in total. The second kappa shape index (κ2) is 3.13. The van der Waals surface area contributed by atoms with Crippen LogP contribution in [-0.2, 0) is 4.31 Å². The first-order chi connectivity index (χ1) is 8.31. The van der Waals surface area contributed by atoms with Gasteiger partial charge in [-0.3, -0.25) is 0 Å². The zero-order valence-electron chi connectivity index (χ0n) is 9.26. The van der Waals surface area contributed by atoms with Gasteiger partial charge >= 0.3 is 109 Å². The number of hydrogen-bond acceptors (Lipinski definition) is 0. The summed E-state index contributed by atoms with van der Waals surface area (Å²) < 4.78 is -0.0536. The summed E-state index contributed by atoms with van der Waals surface area (Å²) in [7, 11) is 0. The molecule has 2 bridgehead atoms. The Bertz CT molecular complexity index is 592. The van der Waals surface area contributed by atoms with Crippen molar-refractivity contribution in [3.05, 3.63) is 82.9 Å². The first-order valence-corrected chi connectivity index (χ1v) is 6.75. The molecule has 3 aliphatic carbocycles. The van der Waals surface area contributed by atoms with Crippen molar-refractivity contribution in [2.75, 3.05) is 0 Å². The van der Waals surface area contributed by atoms with Crippen molar-refractivity contribution in [1.82, 2.24) is 0 Å². The maximum absolute atomic E-state index is 3.41. The van der Waals surface area contributed by atoms with E-state index in [1.165, 1.54) is 22.3 Å². The summed E-state index contributed by atoms with van der Waals surface area (Å²) in [6.45, 7) is 0. The van der Waals surface area contributed by atoms with Crippen LogP contribution >= 0.6 is 0 Å². The van der Waals surface area contributed by atoms with Gasteiger partial charge in [0, 0.05) is 0 Å². The predicted molar refractivity (Wildman–Crippen MR) is 70.4 cm³/mol. The minimum atomic E-state index is -0.0536. The molecule has 0 N–H and O–H groups in total. The van der Waals surface area contributed by atoms with Crippen LogP contribution in [0.3, 0.4) is 0 Å². The fraction of sp³-hybridized carbons (Fsp3) is 0.125. The van der Waals surface area contributed by atoms with E-state index in [0.717, 1.165) is 0 Å². The second-order valence-corrected chi connectivity index (χ2v) is 6.10. The van der Waals surface area contributed by atoms with Crippen molar-refractivity contribution in [3.8, 4) is 0 Å². The molecule has 0 atom stereocenters. The Kier molecular flexibility index (Phi) is 1.78. The van der Waals surface area contributed by atoms with Crippen LogP contribution < -0.4 is 0 Å². The van der Waals surface area contributed by atoms with Gasteiger partial charge in [-0.1, -0.05) is 0 Å². The van der Waals surface area contributed by atoms with Gasteiger partial charge in [-0.15, -0.1) is 0 Å². The van der Waals surface area contributed by atoms with Crippen molar-refractivity contribution in [2.24, 2.45) is 0 Å². The van der Waals surface area contributed by atoms with E-state index in [2.05, 4.69) is 76.7 Å². The molecule has 17 heavy (non-hydrogen) atoms. The molecule has 3 aliphatic rings. The van der Waals surface area contributed by atoms with E-state index < -0.39 is 0 Å². The van der Waals surface area contributed by atoms with Gasteiger partial charge in [0.15, 0.2) is 0 Å². The van der Waals surface area contributed by atoms with E-state index in [-0.39, 0.29) is 4.31 Å². The van der Waals surface area contributed by atoms with E-state index in [0.29, 0.717) is 5.92 Å². The van der Waals surface area contributed by atoms with Crippen LogP contribution in [0.1, 0.15) is 28.2 Å². The Morgan fingerprint density at radius 1 is 0.824 bits per heavy atom. The third-order valence-corrected chi connectivity index (χ3v) is 5.12. The summed E-state index contributed by atoms with van der Waals surface area (Å²) in [4.78, 5) is 0. The molecule has 5 rings (SSSR count). The molecule has 2 aromatic rings. The van der Waals surface area contributed by atoms with E-state index in [9.17, 15) is 0 Å². The fourth-order valence-corrected chi connectivity index (χ4v) is 4.09. The summed E-state index contributed by atoms with van der Waals surface area (Å²) >= 11 is 3.41. The number of hydrogen-bond donors (Lipinski definition) is 0. The number of rotatable bonds is 0. The van der Waals surface area contributed by atoms with Gasteiger partial charge in [-0.25, -0.2) is 0 Å². The van der Waals surface area contributed by atoms with Crippen molar-refractivity contribution in [1.29, 1.82) is 0 Å². The molecule has 1 radical (unpaired) electrons. The molecule has 81 valence electrons. The molecular formula is C16H11Se. The summed E-state index contributed by atoms with van der Waals surface area (Å²) in [5, 5.41) is 0. The van der Waals surface area contributed by atoms with Crippen molar-refractivity contribution in [3.63, 3.8) is 0 Å². The topological polar surface area (TPSA) is 0 Å². The minimum absolute atomic E-state index is 0.0536. The number of allylic oxidation sites excluding steroid dienone is 2. The van der Waals surface area contributed by atoms with Crippen molar-refractivity contribution < 1.29 is 0 Å². The molecule has 0 saturated heterocycles. The fourth-order valence-electron chi connectivity index (χ4n) is 3.14. The molecule has 0 aliphatic heterocycles. The quantitative estimate of drug-likeness (QED) is 0.514. The molecular weight excluding hydrogens is 271 g/mol. The molecule has 0 amide bonds. The molecule has 0 fully saturated rings. The predicted octanol–water partition coefficient (Wildman–Crippen LogP) is 3.11. The van der Waals surface area contributed by atoms with Gasteiger partial charge < -0.3 is 0 Å². The van der Waals surface area contributed by atoms with Crippen molar-refractivity contribution >= 4 is 16.0 Å². The normalized spacial score (nSPS) is 27.7. The van der Waals surface area contributed by atoms with Crippen LogP contribution in [0.2, 0.25) is 0 Å². The summed E-state index contributed by atoms with van der Waals surface area (Å²) in [6, 6.07) is 17.6. The Hall–Kier alpha value is -1.30. The van der Waals surface area contributed by atoms with Gasteiger partial charge in [0.1, 0.15) is 0 Å². The van der Waals surface area contributed by atoms with E-state index in [4.69, 9.17) is 0 Å². The maximum atomic E-state index is 3.41. The Morgan fingerprint density at radius 2 is 1.35 bits per heavy atom. The van der Waals surface area contributed by atoms with E-state index >= 15 is 0 Å². The standard InChI is InChI=1S/C16H11Se/c17-16-10-9-11(12-5-1-3-7-14(12)16)13-6-2-4-8-15(13)16/h1-11H.